The molecule has 0 aromatic carbocycles. The smallest absolute Gasteiger partial charge is 0.147 e. The van der Waals surface area contributed by atoms with E-state index < -0.39 is 0 Å². The molecule has 0 aliphatic carbocycles. The molecule has 5 heteroatoms. The monoisotopic (exact) mass is 237 g/mol. The molecule has 2 N–H and O–H groups in total. The average Bonchev–Trinajstić information content (AvgIpc) is 2.78. The number of aryl methyl sites for hydroxylation is 1. The molecule has 0 radical (unpaired) electrons. The van der Waals surface area contributed by atoms with Crippen LogP contribution in [0.2, 0.25) is 0 Å². The zero-order valence-electron chi connectivity index (χ0n) is 10.8. The van der Waals surface area contributed by atoms with Gasteiger partial charge in [-0.25, -0.2) is 4.68 Å². The number of nitrogens with two attached hydrogens (primary N) is 1. The molecule has 1 aliphatic heterocycles. The number of hydrogen-bond donors (Lipinski definition) is 1. The molecular formula is C12H23N5. The van der Waals surface area contributed by atoms with E-state index in [2.05, 4.69) is 29.1 Å². The Morgan fingerprint density at radius 1 is 1.53 bits per heavy atom. The van der Waals surface area contributed by atoms with Gasteiger partial charge in [0.25, 0.3) is 0 Å². The molecule has 1 fully saturated rings. The molecule has 96 valence electrons. The standard InChI is InChI=1S/C12H23N5/c1-3-5-17-12(8-14-15-17)16-6-4-10(2)11(7-13)9-16/h8,10-11H,3-7,9,13H2,1-2H3. The maximum atomic E-state index is 5.84. The average molecular weight is 237 g/mol. The lowest BCUT2D eigenvalue weighted by atomic mass is 9.87. The van der Waals surface area contributed by atoms with Gasteiger partial charge in [0.1, 0.15) is 5.82 Å². The van der Waals surface area contributed by atoms with E-state index in [1.165, 1.54) is 6.42 Å². The molecule has 2 unspecified atom stereocenters. The predicted molar refractivity (Wildman–Crippen MR) is 68.9 cm³/mol. The van der Waals surface area contributed by atoms with Crippen LogP contribution in [-0.4, -0.2) is 34.6 Å². The Labute approximate surface area is 103 Å². The minimum absolute atomic E-state index is 0.591. The molecule has 1 aliphatic rings. The Bertz CT molecular complexity index is 348. The first-order valence-electron chi connectivity index (χ1n) is 6.59. The second-order valence-corrected chi connectivity index (χ2v) is 5.02. The Balaban J connectivity index is 2.09. The van der Waals surface area contributed by atoms with E-state index in [1.54, 1.807) is 0 Å². The lowest BCUT2D eigenvalue weighted by Gasteiger charge is -2.37. The van der Waals surface area contributed by atoms with Gasteiger partial charge in [-0.1, -0.05) is 19.1 Å². The fourth-order valence-corrected chi connectivity index (χ4v) is 2.53. The Morgan fingerprint density at radius 3 is 3.06 bits per heavy atom. The highest BCUT2D eigenvalue weighted by molar-refractivity contribution is 5.36. The molecule has 0 amide bonds. The van der Waals surface area contributed by atoms with Crippen molar-refractivity contribution in [2.75, 3.05) is 24.5 Å². The lowest BCUT2D eigenvalue weighted by Crippen LogP contribution is -2.43. The lowest BCUT2D eigenvalue weighted by molar-refractivity contribution is 0.304. The summed E-state index contributed by atoms with van der Waals surface area (Å²) in [5.41, 5.74) is 5.84. The van der Waals surface area contributed by atoms with Crippen molar-refractivity contribution in [1.29, 1.82) is 0 Å². The fraction of sp³-hybridized carbons (Fsp3) is 0.833. The first-order valence-corrected chi connectivity index (χ1v) is 6.59. The van der Waals surface area contributed by atoms with E-state index in [0.717, 1.165) is 44.3 Å². The third kappa shape index (κ3) is 2.60. The molecule has 2 heterocycles. The highest BCUT2D eigenvalue weighted by atomic mass is 15.5. The Morgan fingerprint density at radius 2 is 2.35 bits per heavy atom. The van der Waals surface area contributed by atoms with Crippen molar-refractivity contribution in [3.8, 4) is 0 Å². The number of anilines is 1. The molecule has 2 rings (SSSR count). The van der Waals surface area contributed by atoms with Gasteiger partial charge in [0.15, 0.2) is 0 Å². The number of hydrogen-bond acceptors (Lipinski definition) is 4. The van der Waals surface area contributed by atoms with Gasteiger partial charge in [0.05, 0.1) is 6.20 Å². The normalized spacial score (nSPS) is 25.2. The summed E-state index contributed by atoms with van der Waals surface area (Å²) in [7, 11) is 0. The minimum atomic E-state index is 0.591. The van der Waals surface area contributed by atoms with Crippen LogP contribution in [0.1, 0.15) is 26.7 Å². The summed E-state index contributed by atoms with van der Waals surface area (Å²) in [6.07, 6.45) is 4.17. The van der Waals surface area contributed by atoms with Gasteiger partial charge in [-0.3, -0.25) is 0 Å². The molecule has 1 aromatic heterocycles. The van der Waals surface area contributed by atoms with Gasteiger partial charge in [-0.15, -0.1) is 5.10 Å². The van der Waals surface area contributed by atoms with Gasteiger partial charge in [0, 0.05) is 19.6 Å². The number of aromatic nitrogens is 3. The number of rotatable bonds is 4. The van der Waals surface area contributed by atoms with Crippen LogP contribution in [0.4, 0.5) is 5.82 Å². The topological polar surface area (TPSA) is 60.0 Å². The van der Waals surface area contributed by atoms with Crippen molar-refractivity contribution in [2.45, 2.75) is 33.2 Å². The molecule has 0 saturated carbocycles. The van der Waals surface area contributed by atoms with Gasteiger partial charge in [-0.2, -0.15) is 0 Å². The van der Waals surface area contributed by atoms with E-state index in [9.17, 15) is 0 Å². The van der Waals surface area contributed by atoms with Gasteiger partial charge < -0.3 is 10.6 Å². The second-order valence-electron chi connectivity index (χ2n) is 5.02. The first kappa shape index (κ1) is 12.4. The molecule has 5 nitrogen and oxygen atoms in total. The minimum Gasteiger partial charge on any atom is -0.355 e. The molecule has 1 aromatic rings. The number of piperidine rings is 1. The van der Waals surface area contributed by atoms with Crippen molar-refractivity contribution in [3.63, 3.8) is 0 Å². The molecular weight excluding hydrogens is 214 g/mol. The van der Waals surface area contributed by atoms with Crippen LogP contribution >= 0.6 is 0 Å². The Kier molecular flexibility index (Phi) is 3.99. The van der Waals surface area contributed by atoms with Gasteiger partial charge >= 0.3 is 0 Å². The molecule has 0 bridgehead atoms. The molecule has 2 atom stereocenters. The summed E-state index contributed by atoms with van der Waals surface area (Å²) in [6.45, 7) is 8.30. The summed E-state index contributed by atoms with van der Waals surface area (Å²) >= 11 is 0. The van der Waals surface area contributed by atoms with E-state index in [-0.39, 0.29) is 0 Å². The third-order valence-corrected chi connectivity index (χ3v) is 3.77. The van der Waals surface area contributed by atoms with Crippen LogP contribution in [0.3, 0.4) is 0 Å². The first-order chi connectivity index (χ1) is 8.26. The van der Waals surface area contributed by atoms with E-state index in [4.69, 9.17) is 5.73 Å². The van der Waals surface area contributed by atoms with Crippen LogP contribution in [0.15, 0.2) is 6.20 Å². The van der Waals surface area contributed by atoms with Crippen LogP contribution < -0.4 is 10.6 Å². The summed E-state index contributed by atoms with van der Waals surface area (Å²) in [4.78, 5) is 2.38. The fourth-order valence-electron chi connectivity index (χ4n) is 2.53. The van der Waals surface area contributed by atoms with E-state index >= 15 is 0 Å². The highest BCUT2D eigenvalue weighted by Crippen LogP contribution is 2.26. The third-order valence-electron chi connectivity index (χ3n) is 3.77. The largest absolute Gasteiger partial charge is 0.355 e. The van der Waals surface area contributed by atoms with Crippen molar-refractivity contribution in [3.05, 3.63) is 6.20 Å². The summed E-state index contributed by atoms with van der Waals surface area (Å²) < 4.78 is 2.00. The molecule has 0 spiro atoms. The summed E-state index contributed by atoms with van der Waals surface area (Å²) in [5, 5.41) is 8.17. The predicted octanol–water partition coefficient (Wildman–Crippen LogP) is 1.11. The van der Waals surface area contributed by atoms with Crippen molar-refractivity contribution < 1.29 is 0 Å². The van der Waals surface area contributed by atoms with Gasteiger partial charge in [-0.05, 0) is 31.2 Å². The summed E-state index contributed by atoms with van der Waals surface area (Å²) in [5.74, 6) is 2.47. The number of nitrogens with zero attached hydrogens (tertiary/aromatic N) is 4. The van der Waals surface area contributed by atoms with Crippen molar-refractivity contribution in [1.82, 2.24) is 15.0 Å². The van der Waals surface area contributed by atoms with E-state index in [0.29, 0.717) is 5.92 Å². The highest BCUT2D eigenvalue weighted by Gasteiger charge is 2.26. The van der Waals surface area contributed by atoms with Crippen molar-refractivity contribution in [2.24, 2.45) is 17.6 Å². The quantitative estimate of drug-likeness (QED) is 0.852. The van der Waals surface area contributed by atoms with Crippen LogP contribution in [0.5, 0.6) is 0 Å². The van der Waals surface area contributed by atoms with Crippen LogP contribution in [0, 0.1) is 11.8 Å². The zero-order valence-corrected chi connectivity index (χ0v) is 10.8. The molecule has 17 heavy (non-hydrogen) atoms. The second kappa shape index (κ2) is 5.49. The maximum absolute atomic E-state index is 5.84. The Hall–Kier alpha value is -1.10. The van der Waals surface area contributed by atoms with Crippen molar-refractivity contribution >= 4 is 5.82 Å². The molecule has 1 saturated heterocycles. The summed E-state index contributed by atoms with van der Waals surface area (Å²) in [6, 6.07) is 0. The SMILES string of the molecule is CCCn1nncc1N1CCC(C)C(CN)C1. The van der Waals surface area contributed by atoms with Gasteiger partial charge in [0.2, 0.25) is 0 Å². The van der Waals surface area contributed by atoms with Crippen LogP contribution in [0.25, 0.3) is 0 Å². The maximum Gasteiger partial charge on any atom is 0.147 e. The van der Waals surface area contributed by atoms with E-state index in [1.807, 2.05) is 10.9 Å². The van der Waals surface area contributed by atoms with Crippen LogP contribution in [-0.2, 0) is 6.54 Å². The zero-order chi connectivity index (χ0) is 12.3.